The highest BCUT2D eigenvalue weighted by atomic mass is 16.5. The Kier molecular flexibility index (Phi) is 5.36. The van der Waals surface area contributed by atoms with Crippen molar-refractivity contribution in [2.45, 2.75) is 37.8 Å². The van der Waals surface area contributed by atoms with Gasteiger partial charge in [0.05, 0.1) is 0 Å². The summed E-state index contributed by atoms with van der Waals surface area (Å²) >= 11 is 0. The van der Waals surface area contributed by atoms with Gasteiger partial charge >= 0.3 is 0 Å². The van der Waals surface area contributed by atoms with Crippen molar-refractivity contribution in [3.8, 4) is 5.75 Å². The van der Waals surface area contributed by atoms with E-state index in [9.17, 15) is 0 Å². The van der Waals surface area contributed by atoms with Gasteiger partial charge in [-0.3, -0.25) is 0 Å². The number of nitrogen functional groups attached to an aromatic ring is 1. The van der Waals surface area contributed by atoms with Crippen LogP contribution in [0.3, 0.4) is 0 Å². The van der Waals surface area contributed by atoms with E-state index in [2.05, 4.69) is 53.4 Å². The number of fused-ring (bicyclic) bond motifs is 2. The van der Waals surface area contributed by atoms with Crippen molar-refractivity contribution in [3.63, 3.8) is 0 Å². The minimum absolute atomic E-state index is 0.0521. The molecule has 0 aromatic heterocycles. The van der Waals surface area contributed by atoms with E-state index in [1.54, 1.807) is 0 Å². The van der Waals surface area contributed by atoms with Crippen molar-refractivity contribution in [2.24, 2.45) is 11.7 Å². The van der Waals surface area contributed by atoms with Gasteiger partial charge in [0.25, 0.3) is 0 Å². The standard InChI is InChI=1S/C26H31N3O/c27-21-12-13-23-19(15-21)6-3-9-25(23)30-26-20(16-29-14-4-7-22(28)17-29)11-10-18-5-1-2-8-24(18)26/h1-3,5-6,8-9,12-13,15,20,22,26H,4,7,10-11,14,16-17,27-28H2/t20?,22-,26?/m1/s1. The van der Waals surface area contributed by atoms with Crippen LogP contribution in [-0.4, -0.2) is 30.6 Å². The average Bonchev–Trinajstić information content (AvgIpc) is 2.75. The minimum Gasteiger partial charge on any atom is -0.485 e. The Bertz CT molecular complexity index is 1030. The number of anilines is 1. The van der Waals surface area contributed by atoms with E-state index >= 15 is 0 Å². The number of hydrogen-bond donors (Lipinski definition) is 2. The molecule has 0 radical (unpaired) electrons. The molecule has 2 unspecified atom stereocenters. The van der Waals surface area contributed by atoms with Gasteiger partial charge in [0.1, 0.15) is 11.9 Å². The first-order chi connectivity index (χ1) is 14.7. The van der Waals surface area contributed by atoms with Crippen molar-refractivity contribution < 1.29 is 4.74 Å². The first-order valence-corrected chi connectivity index (χ1v) is 11.2. The van der Waals surface area contributed by atoms with Gasteiger partial charge < -0.3 is 21.1 Å². The molecular formula is C26H31N3O. The minimum atomic E-state index is 0.0521. The first-order valence-electron chi connectivity index (χ1n) is 11.2. The molecule has 5 rings (SSSR count). The summed E-state index contributed by atoms with van der Waals surface area (Å²) in [4.78, 5) is 2.55. The normalized spacial score (nSPS) is 24.5. The molecule has 30 heavy (non-hydrogen) atoms. The predicted octanol–water partition coefficient (Wildman–Crippen LogP) is 4.53. The summed E-state index contributed by atoms with van der Waals surface area (Å²) < 4.78 is 6.82. The lowest BCUT2D eigenvalue weighted by Crippen LogP contribution is -2.46. The molecule has 3 atom stereocenters. The Hall–Kier alpha value is -2.56. The van der Waals surface area contributed by atoms with Gasteiger partial charge in [-0.15, -0.1) is 0 Å². The van der Waals surface area contributed by atoms with Gasteiger partial charge in [0.2, 0.25) is 0 Å². The number of hydrogen-bond acceptors (Lipinski definition) is 4. The van der Waals surface area contributed by atoms with E-state index in [0.717, 1.165) is 61.1 Å². The molecule has 0 amide bonds. The zero-order valence-corrected chi connectivity index (χ0v) is 17.5. The van der Waals surface area contributed by atoms with E-state index in [-0.39, 0.29) is 6.10 Å². The van der Waals surface area contributed by atoms with E-state index in [0.29, 0.717) is 12.0 Å². The van der Waals surface area contributed by atoms with E-state index in [1.165, 1.54) is 17.5 Å². The maximum absolute atomic E-state index is 6.82. The summed E-state index contributed by atoms with van der Waals surface area (Å²) in [5.41, 5.74) is 15.8. The highest BCUT2D eigenvalue weighted by Crippen LogP contribution is 2.40. The summed E-state index contributed by atoms with van der Waals surface area (Å²) in [5, 5.41) is 2.24. The van der Waals surface area contributed by atoms with Gasteiger partial charge in [-0.05, 0) is 73.0 Å². The molecule has 4 nitrogen and oxygen atoms in total. The number of rotatable bonds is 4. The zero-order valence-electron chi connectivity index (χ0n) is 17.5. The van der Waals surface area contributed by atoms with Crippen LogP contribution in [0.4, 0.5) is 5.69 Å². The van der Waals surface area contributed by atoms with Crippen molar-refractivity contribution >= 4 is 16.5 Å². The summed E-state index contributed by atoms with van der Waals surface area (Å²) in [6.45, 7) is 3.19. The quantitative estimate of drug-likeness (QED) is 0.631. The van der Waals surface area contributed by atoms with Gasteiger partial charge in [-0.25, -0.2) is 0 Å². The molecule has 1 fully saturated rings. The maximum atomic E-state index is 6.82. The molecular weight excluding hydrogens is 370 g/mol. The Morgan fingerprint density at radius 3 is 2.80 bits per heavy atom. The fourth-order valence-electron chi connectivity index (χ4n) is 5.23. The van der Waals surface area contributed by atoms with Crippen molar-refractivity contribution in [1.82, 2.24) is 4.90 Å². The van der Waals surface area contributed by atoms with E-state index in [1.807, 2.05) is 12.1 Å². The average molecular weight is 402 g/mol. The molecule has 0 saturated carbocycles. The van der Waals surface area contributed by atoms with Crippen molar-refractivity contribution in [2.75, 3.05) is 25.4 Å². The molecule has 156 valence electrons. The van der Waals surface area contributed by atoms with Crippen LogP contribution in [0.25, 0.3) is 10.8 Å². The fraction of sp³-hybridized carbons (Fsp3) is 0.385. The molecule has 4 heteroatoms. The molecule has 2 aliphatic rings. The summed E-state index contributed by atoms with van der Waals surface area (Å²) in [6.07, 6.45) is 4.65. The first kappa shape index (κ1) is 19.4. The Balaban J connectivity index is 1.47. The fourth-order valence-corrected chi connectivity index (χ4v) is 5.23. The second kappa shape index (κ2) is 8.29. The zero-order chi connectivity index (χ0) is 20.5. The summed E-state index contributed by atoms with van der Waals surface area (Å²) in [6, 6.07) is 21.4. The molecule has 3 aromatic rings. The topological polar surface area (TPSA) is 64.5 Å². The Morgan fingerprint density at radius 2 is 1.90 bits per heavy atom. The van der Waals surface area contributed by atoms with E-state index < -0.39 is 0 Å². The second-order valence-corrected chi connectivity index (χ2v) is 8.93. The molecule has 1 saturated heterocycles. The SMILES string of the molecule is Nc1ccc2c(OC3c4ccccc4CCC3CN3CCC[C@@H](N)C3)cccc2c1. The van der Waals surface area contributed by atoms with Crippen LogP contribution in [0.2, 0.25) is 0 Å². The van der Waals surface area contributed by atoms with Crippen LogP contribution in [-0.2, 0) is 6.42 Å². The smallest absolute Gasteiger partial charge is 0.128 e. The second-order valence-electron chi connectivity index (χ2n) is 8.93. The third-order valence-corrected chi connectivity index (χ3v) is 6.73. The molecule has 1 aliphatic carbocycles. The number of nitrogens with zero attached hydrogens (tertiary/aromatic N) is 1. The van der Waals surface area contributed by atoms with Gasteiger partial charge in [0.15, 0.2) is 0 Å². The van der Waals surface area contributed by atoms with Crippen LogP contribution in [0.1, 0.15) is 36.5 Å². The van der Waals surface area contributed by atoms with Crippen LogP contribution in [0, 0.1) is 5.92 Å². The van der Waals surface area contributed by atoms with Crippen LogP contribution >= 0.6 is 0 Å². The predicted molar refractivity (Wildman–Crippen MR) is 124 cm³/mol. The highest BCUT2D eigenvalue weighted by molar-refractivity contribution is 5.90. The lowest BCUT2D eigenvalue weighted by molar-refractivity contribution is 0.0768. The van der Waals surface area contributed by atoms with Gasteiger partial charge in [0, 0.05) is 36.1 Å². The number of piperidine rings is 1. The van der Waals surface area contributed by atoms with Crippen LogP contribution in [0.15, 0.2) is 60.7 Å². The third-order valence-electron chi connectivity index (χ3n) is 6.73. The monoisotopic (exact) mass is 401 g/mol. The molecule has 4 N–H and O–H groups in total. The van der Waals surface area contributed by atoms with E-state index in [4.69, 9.17) is 16.2 Å². The van der Waals surface area contributed by atoms with Gasteiger partial charge in [-0.1, -0.05) is 36.4 Å². The molecule has 0 bridgehead atoms. The molecule has 0 spiro atoms. The van der Waals surface area contributed by atoms with Crippen LogP contribution < -0.4 is 16.2 Å². The number of likely N-dealkylation sites (tertiary alicyclic amines) is 1. The number of benzene rings is 3. The lowest BCUT2D eigenvalue weighted by atomic mass is 9.80. The van der Waals surface area contributed by atoms with Crippen molar-refractivity contribution in [1.29, 1.82) is 0 Å². The maximum Gasteiger partial charge on any atom is 0.128 e. The summed E-state index contributed by atoms with van der Waals surface area (Å²) in [7, 11) is 0. The Labute approximate surface area is 178 Å². The molecule has 1 aliphatic heterocycles. The summed E-state index contributed by atoms with van der Waals surface area (Å²) in [5.74, 6) is 1.39. The van der Waals surface area contributed by atoms with Gasteiger partial charge in [-0.2, -0.15) is 0 Å². The Morgan fingerprint density at radius 1 is 1.00 bits per heavy atom. The number of ether oxygens (including phenoxy) is 1. The molecule has 1 heterocycles. The van der Waals surface area contributed by atoms with Crippen molar-refractivity contribution in [3.05, 3.63) is 71.8 Å². The number of aryl methyl sites for hydroxylation is 1. The third kappa shape index (κ3) is 3.90. The van der Waals surface area contributed by atoms with Crippen LogP contribution in [0.5, 0.6) is 5.75 Å². The number of nitrogens with two attached hydrogens (primary N) is 2. The highest BCUT2D eigenvalue weighted by Gasteiger charge is 2.33. The lowest BCUT2D eigenvalue weighted by Gasteiger charge is -2.39. The largest absolute Gasteiger partial charge is 0.485 e. The molecule has 3 aromatic carbocycles.